The van der Waals surface area contributed by atoms with Gasteiger partial charge in [-0.3, -0.25) is 0 Å². The summed E-state index contributed by atoms with van der Waals surface area (Å²) in [7, 11) is 0. The van der Waals surface area contributed by atoms with E-state index in [0.29, 0.717) is 28.9 Å². The van der Waals surface area contributed by atoms with Crippen LogP contribution in [0.2, 0.25) is 5.02 Å². The van der Waals surface area contributed by atoms with Crippen molar-refractivity contribution in [3.05, 3.63) is 81.9 Å². The molecule has 37 heavy (non-hydrogen) atoms. The summed E-state index contributed by atoms with van der Waals surface area (Å²) in [5, 5.41) is 11.2. The number of para-hydroxylation sites is 1. The summed E-state index contributed by atoms with van der Waals surface area (Å²) < 4.78 is 11.9. The van der Waals surface area contributed by atoms with Crippen LogP contribution in [0.25, 0.3) is 0 Å². The van der Waals surface area contributed by atoms with E-state index in [1.54, 1.807) is 0 Å². The molecule has 0 radical (unpaired) electrons. The van der Waals surface area contributed by atoms with Crippen molar-refractivity contribution >= 4 is 42.1 Å². The van der Waals surface area contributed by atoms with Gasteiger partial charge in [-0.1, -0.05) is 41.9 Å². The van der Waals surface area contributed by atoms with Crippen molar-refractivity contribution in [3.63, 3.8) is 0 Å². The van der Waals surface area contributed by atoms with Crippen LogP contribution >= 0.6 is 36.4 Å². The molecule has 4 rings (SSSR count). The number of halogens is 3. The fraction of sp³-hybridized carbons (Fsp3) is 0.379. The Bertz CT molecular complexity index is 1110. The third-order valence-electron chi connectivity index (χ3n) is 7.05. The first-order chi connectivity index (χ1) is 16.8. The number of nitrogens with zero attached hydrogens (tertiary/aromatic N) is 1. The van der Waals surface area contributed by atoms with Gasteiger partial charge in [0.1, 0.15) is 30.0 Å². The minimum absolute atomic E-state index is 0. The molecule has 0 spiro atoms. The maximum absolute atomic E-state index is 10.6. The van der Waals surface area contributed by atoms with E-state index in [0.717, 1.165) is 54.1 Å². The molecule has 0 bridgehead atoms. The van der Waals surface area contributed by atoms with Crippen LogP contribution in [0.5, 0.6) is 17.2 Å². The number of benzene rings is 3. The molecule has 1 atom stereocenters. The van der Waals surface area contributed by atoms with Crippen LogP contribution in [0.4, 0.5) is 5.69 Å². The Labute approximate surface area is 237 Å². The predicted octanol–water partition coefficient (Wildman–Crippen LogP) is 7.10. The van der Waals surface area contributed by atoms with E-state index in [9.17, 15) is 5.11 Å². The molecular formula is C29H37Cl3N2O3. The summed E-state index contributed by atoms with van der Waals surface area (Å²) in [6.45, 7) is 8.48. The van der Waals surface area contributed by atoms with Gasteiger partial charge < -0.3 is 25.2 Å². The van der Waals surface area contributed by atoms with Gasteiger partial charge >= 0.3 is 0 Å². The molecule has 5 nitrogen and oxygen atoms in total. The predicted molar refractivity (Wildman–Crippen MR) is 157 cm³/mol. The van der Waals surface area contributed by atoms with E-state index in [1.165, 1.54) is 5.56 Å². The van der Waals surface area contributed by atoms with Gasteiger partial charge in [0.05, 0.1) is 5.02 Å². The number of hydrogen-bond acceptors (Lipinski definition) is 5. The number of piperidine rings is 1. The van der Waals surface area contributed by atoms with Crippen molar-refractivity contribution in [1.82, 2.24) is 4.90 Å². The van der Waals surface area contributed by atoms with Gasteiger partial charge in [0.15, 0.2) is 0 Å². The smallest absolute Gasteiger partial charge is 0.141 e. The van der Waals surface area contributed by atoms with E-state index in [4.69, 9.17) is 26.8 Å². The van der Waals surface area contributed by atoms with Crippen molar-refractivity contribution in [2.24, 2.45) is 0 Å². The van der Waals surface area contributed by atoms with E-state index in [1.807, 2.05) is 63.2 Å². The van der Waals surface area contributed by atoms with Gasteiger partial charge in [-0.15, -0.1) is 24.8 Å². The van der Waals surface area contributed by atoms with Crippen LogP contribution in [-0.2, 0) is 0 Å². The molecule has 0 amide bonds. The van der Waals surface area contributed by atoms with Gasteiger partial charge in [0.2, 0.25) is 0 Å². The Morgan fingerprint density at radius 2 is 1.51 bits per heavy atom. The molecule has 1 fully saturated rings. The number of hydrogen-bond donors (Lipinski definition) is 2. The minimum atomic E-state index is -0.588. The fourth-order valence-corrected chi connectivity index (χ4v) is 4.99. The molecule has 0 aliphatic carbocycles. The zero-order chi connectivity index (χ0) is 24.9. The van der Waals surface area contributed by atoms with Crippen molar-refractivity contribution < 1.29 is 14.6 Å². The summed E-state index contributed by atoms with van der Waals surface area (Å²) in [5.74, 6) is 2.83. The SMILES string of the molecule is Cc1c(C)c(OC[C@@H](O)CN2CCC(c3ccc(Oc4ccccc4)cc3)CC2)c(Cl)c(C)c1N.Cl.Cl. The first-order valence-corrected chi connectivity index (χ1v) is 12.6. The summed E-state index contributed by atoms with van der Waals surface area (Å²) in [4.78, 5) is 2.31. The van der Waals surface area contributed by atoms with Crippen LogP contribution in [0.3, 0.4) is 0 Å². The first-order valence-electron chi connectivity index (χ1n) is 12.2. The summed E-state index contributed by atoms with van der Waals surface area (Å²) >= 11 is 6.47. The molecule has 0 aromatic heterocycles. The van der Waals surface area contributed by atoms with Crippen molar-refractivity contribution in [2.75, 3.05) is 32.0 Å². The number of aliphatic hydroxyl groups excluding tert-OH is 1. The number of nitrogens with two attached hydrogens (primary N) is 1. The number of rotatable bonds is 8. The summed E-state index contributed by atoms with van der Waals surface area (Å²) in [6.07, 6.45) is 1.54. The van der Waals surface area contributed by atoms with E-state index < -0.39 is 6.10 Å². The second-order valence-corrected chi connectivity index (χ2v) is 9.83. The quantitative estimate of drug-likeness (QED) is 0.284. The zero-order valence-electron chi connectivity index (χ0n) is 21.6. The zero-order valence-corrected chi connectivity index (χ0v) is 24.0. The first kappa shape index (κ1) is 31.1. The average Bonchev–Trinajstić information content (AvgIpc) is 2.88. The molecule has 1 aliphatic heterocycles. The number of β-amino-alcohol motifs (C(OH)–C–C–N with tert-alkyl or cyclic N) is 1. The molecule has 3 aromatic carbocycles. The highest BCUT2D eigenvalue weighted by Crippen LogP contribution is 2.38. The monoisotopic (exact) mass is 566 g/mol. The fourth-order valence-electron chi connectivity index (χ4n) is 4.69. The molecular weight excluding hydrogens is 531 g/mol. The summed E-state index contributed by atoms with van der Waals surface area (Å²) in [6, 6.07) is 18.3. The van der Waals surface area contributed by atoms with Crippen LogP contribution in [0, 0.1) is 20.8 Å². The van der Waals surface area contributed by atoms with Crippen LogP contribution in [0.1, 0.15) is 41.0 Å². The van der Waals surface area contributed by atoms with Gasteiger partial charge in [-0.2, -0.15) is 0 Å². The number of aliphatic hydroxyl groups is 1. The van der Waals surface area contributed by atoms with E-state index in [-0.39, 0.29) is 31.4 Å². The molecule has 8 heteroatoms. The molecule has 202 valence electrons. The van der Waals surface area contributed by atoms with E-state index in [2.05, 4.69) is 17.0 Å². The Morgan fingerprint density at radius 1 is 0.919 bits per heavy atom. The Balaban J connectivity index is 0.00000241. The highest BCUT2D eigenvalue weighted by atomic mass is 35.5. The van der Waals surface area contributed by atoms with E-state index >= 15 is 0 Å². The number of likely N-dealkylation sites (tertiary alicyclic amines) is 1. The number of nitrogen functional groups attached to an aromatic ring is 1. The van der Waals surface area contributed by atoms with Crippen molar-refractivity contribution in [3.8, 4) is 17.2 Å². The van der Waals surface area contributed by atoms with Crippen LogP contribution < -0.4 is 15.2 Å². The molecule has 1 aliphatic rings. The lowest BCUT2D eigenvalue weighted by Crippen LogP contribution is -2.40. The minimum Gasteiger partial charge on any atom is -0.489 e. The third-order valence-corrected chi connectivity index (χ3v) is 7.50. The normalized spacial score (nSPS) is 14.8. The lowest BCUT2D eigenvalue weighted by Gasteiger charge is -2.33. The standard InChI is InChI=1S/C29H35ClN2O3.2ClH/c1-19-20(2)29(27(30)21(3)28(19)31)34-18-24(33)17-32-15-13-23(14-16-32)22-9-11-26(12-10-22)35-25-7-5-4-6-8-25;;/h4-12,23-24,33H,13-18,31H2,1-3H3;2*1H/t24-;;/m0../s1. The topological polar surface area (TPSA) is 68.0 Å². The largest absolute Gasteiger partial charge is 0.489 e. The van der Waals surface area contributed by atoms with Gasteiger partial charge in [0, 0.05) is 12.2 Å². The highest BCUT2D eigenvalue weighted by Gasteiger charge is 2.23. The highest BCUT2D eigenvalue weighted by molar-refractivity contribution is 6.33. The summed E-state index contributed by atoms with van der Waals surface area (Å²) in [5.41, 5.74) is 10.9. The third kappa shape index (κ3) is 7.68. The lowest BCUT2D eigenvalue weighted by atomic mass is 9.89. The second kappa shape index (κ2) is 14.1. The number of ether oxygens (including phenoxy) is 2. The van der Waals surface area contributed by atoms with Crippen LogP contribution in [-0.4, -0.2) is 42.4 Å². The molecule has 3 N–H and O–H groups in total. The Morgan fingerprint density at radius 3 is 2.14 bits per heavy atom. The maximum atomic E-state index is 10.6. The van der Waals surface area contributed by atoms with Crippen molar-refractivity contribution in [1.29, 1.82) is 0 Å². The molecule has 0 unspecified atom stereocenters. The number of anilines is 1. The molecule has 3 aromatic rings. The molecule has 1 heterocycles. The van der Waals surface area contributed by atoms with Gasteiger partial charge in [-0.05, 0) is 99.1 Å². The Kier molecular flexibility index (Phi) is 11.9. The maximum Gasteiger partial charge on any atom is 0.141 e. The lowest BCUT2D eigenvalue weighted by molar-refractivity contribution is 0.0592. The molecule has 1 saturated heterocycles. The Hall–Kier alpha value is -2.15. The second-order valence-electron chi connectivity index (χ2n) is 9.46. The van der Waals surface area contributed by atoms with Crippen LogP contribution in [0.15, 0.2) is 54.6 Å². The van der Waals surface area contributed by atoms with Gasteiger partial charge in [-0.25, -0.2) is 0 Å². The molecule has 0 saturated carbocycles. The average molecular weight is 568 g/mol. The van der Waals surface area contributed by atoms with Crippen molar-refractivity contribution in [2.45, 2.75) is 45.6 Å². The van der Waals surface area contributed by atoms with Gasteiger partial charge in [0.25, 0.3) is 0 Å².